The van der Waals surface area contributed by atoms with Gasteiger partial charge in [-0.1, -0.05) is 32.0 Å². The summed E-state index contributed by atoms with van der Waals surface area (Å²) in [6.45, 7) is 9.42. The van der Waals surface area contributed by atoms with Gasteiger partial charge >= 0.3 is 5.97 Å². The van der Waals surface area contributed by atoms with Crippen molar-refractivity contribution in [1.82, 2.24) is 4.90 Å². The zero-order chi connectivity index (χ0) is 23.7. The van der Waals surface area contributed by atoms with Crippen molar-refractivity contribution < 1.29 is 19.1 Å². The molecule has 0 saturated carbocycles. The van der Waals surface area contributed by atoms with E-state index in [1.54, 1.807) is 24.3 Å². The first-order chi connectivity index (χ1) is 15.1. The zero-order valence-electron chi connectivity index (χ0n) is 20.6. The summed E-state index contributed by atoms with van der Waals surface area (Å²) in [5.74, 6) is 0.398. The van der Waals surface area contributed by atoms with Gasteiger partial charge in [-0.3, -0.25) is 4.79 Å². The van der Waals surface area contributed by atoms with Crippen LogP contribution >= 0.6 is 12.4 Å². The highest BCUT2D eigenvalue weighted by Crippen LogP contribution is 2.26. The number of esters is 1. The molecule has 1 N–H and O–H groups in total. The Bertz CT molecular complexity index is 928. The summed E-state index contributed by atoms with van der Waals surface area (Å²) in [5, 5.41) is 2.93. The molecule has 0 heterocycles. The number of halogens is 1. The molecule has 0 spiro atoms. The van der Waals surface area contributed by atoms with Gasteiger partial charge in [0.25, 0.3) is 0 Å². The maximum absolute atomic E-state index is 12.9. The normalized spacial score (nSPS) is 11.0. The van der Waals surface area contributed by atoms with Gasteiger partial charge in [-0.2, -0.15) is 0 Å². The standard InChI is InChI=1S/C26H36N2O4.ClH/c1-19-11-12-20(2)23(17-19)31-15-8-13-26(3,4)25(30)27-22-10-7-9-21(18-22)24(29)32-16-14-28(5)6;/h7,9-12,17-18H,8,13-16H2,1-6H3,(H,27,30);1H. The summed E-state index contributed by atoms with van der Waals surface area (Å²) in [6.07, 6.45) is 1.43. The highest BCUT2D eigenvalue weighted by Gasteiger charge is 2.27. The molecule has 0 fully saturated rings. The minimum absolute atomic E-state index is 0. The van der Waals surface area contributed by atoms with Crippen molar-refractivity contribution in [2.45, 2.75) is 40.5 Å². The van der Waals surface area contributed by atoms with Crippen LogP contribution in [-0.2, 0) is 9.53 Å². The molecule has 0 unspecified atom stereocenters. The predicted octanol–water partition coefficient (Wildman–Crippen LogP) is 5.27. The van der Waals surface area contributed by atoms with E-state index in [2.05, 4.69) is 11.4 Å². The van der Waals surface area contributed by atoms with Crippen LogP contribution in [0.25, 0.3) is 0 Å². The van der Waals surface area contributed by atoms with Crippen molar-refractivity contribution in [3.05, 3.63) is 59.2 Å². The van der Waals surface area contributed by atoms with Gasteiger partial charge in [-0.15, -0.1) is 12.4 Å². The average molecular weight is 477 g/mol. The molecule has 0 aromatic heterocycles. The summed E-state index contributed by atoms with van der Waals surface area (Å²) in [4.78, 5) is 27.0. The first kappa shape index (κ1) is 28.5. The summed E-state index contributed by atoms with van der Waals surface area (Å²) in [5.41, 5.74) is 2.69. The van der Waals surface area contributed by atoms with Crippen molar-refractivity contribution in [3.63, 3.8) is 0 Å². The number of carbonyl (C=O) groups is 2. The largest absolute Gasteiger partial charge is 0.493 e. The molecule has 0 aliphatic heterocycles. The Balaban J connectivity index is 0.00000544. The summed E-state index contributed by atoms with van der Waals surface area (Å²) < 4.78 is 11.2. The third-order valence-electron chi connectivity index (χ3n) is 5.29. The number of hydrogen-bond donors (Lipinski definition) is 1. The Morgan fingerprint density at radius 2 is 1.76 bits per heavy atom. The zero-order valence-corrected chi connectivity index (χ0v) is 21.4. The molecule has 0 aliphatic carbocycles. The van der Waals surface area contributed by atoms with E-state index in [0.717, 1.165) is 23.3 Å². The van der Waals surface area contributed by atoms with Crippen molar-refractivity contribution in [1.29, 1.82) is 0 Å². The smallest absolute Gasteiger partial charge is 0.338 e. The highest BCUT2D eigenvalue weighted by atomic mass is 35.5. The summed E-state index contributed by atoms with van der Waals surface area (Å²) in [7, 11) is 3.84. The lowest BCUT2D eigenvalue weighted by Gasteiger charge is -2.24. The number of nitrogens with one attached hydrogen (secondary N) is 1. The molecule has 7 heteroatoms. The molecule has 0 aliphatic rings. The van der Waals surface area contributed by atoms with Gasteiger partial charge in [0.2, 0.25) is 5.91 Å². The third-order valence-corrected chi connectivity index (χ3v) is 5.29. The second-order valence-electron chi connectivity index (χ2n) is 9.08. The van der Waals surface area contributed by atoms with Crippen molar-refractivity contribution in [2.75, 3.05) is 39.2 Å². The number of amides is 1. The third kappa shape index (κ3) is 9.44. The van der Waals surface area contributed by atoms with Crippen LogP contribution in [0.15, 0.2) is 42.5 Å². The molecule has 0 bridgehead atoms. The van der Waals surface area contributed by atoms with Crippen LogP contribution in [0.5, 0.6) is 5.75 Å². The van der Waals surface area contributed by atoms with Crippen LogP contribution in [0.2, 0.25) is 0 Å². The monoisotopic (exact) mass is 476 g/mol. The van der Waals surface area contributed by atoms with Crippen molar-refractivity contribution in [3.8, 4) is 5.75 Å². The van der Waals surface area contributed by atoms with Crippen LogP contribution in [0, 0.1) is 19.3 Å². The van der Waals surface area contributed by atoms with Gasteiger partial charge in [0, 0.05) is 17.6 Å². The van der Waals surface area contributed by atoms with E-state index >= 15 is 0 Å². The van der Waals surface area contributed by atoms with E-state index in [4.69, 9.17) is 9.47 Å². The van der Waals surface area contributed by atoms with Gasteiger partial charge in [0.1, 0.15) is 12.4 Å². The fraction of sp³-hybridized carbons (Fsp3) is 0.462. The SMILES string of the molecule is Cc1ccc(C)c(OCCCC(C)(C)C(=O)Nc2cccc(C(=O)OCCN(C)C)c2)c1.Cl. The Hall–Kier alpha value is -2.57. The average Bonchev–Trinajstić information content (AvgIpc) is 2.73. The van der Waals surface area contributed by atoms with Crippen LogP contribution in [0.1, 0.15) is 48.2 Å². The number of aryl methyl sites for hydroxylation is 2. The quantitative estimate of drug-likeness (QED) is 0.353. The van der Waals surface area contributed by atoms with E-state index in [-0.39, 0.29) is 18.3 Å². The van der Waals surface area contributed by atoms with Gasteiger partial charge < -0.3 is 19.7 Å². The summed E-state index contributed by atoms with van der Waals surface area (Å²) >= 11 is 0. The lowest BCUT2D eigenvalue weighted by atomic mass is 9.87. The molecular weight excluding hydrogens is 440 g/mol. The molecule has 2 rings (SSSR count). The van der Waals surface area contributed by atoms with E-state index < -0.39 is 11.4 Å². The fourth-order valence-electron chi connectivity index (χ4n) is 3.10. The number of rotatable bonds is 11. The molecule has 1 amide bonds. The number of ether oxygens (including phenoxy) is 2. The van der Waals surface area contributed by atoms with E-state index in [1.807, 2.05) is 58.8 Å². The number of benzene rings is 2. The highest BCUT2D eigenvalue weighted by molar-refractivity contribution is 5.96. The Labute approximate surface area is 204 Å². The van der Waals surface area contributed by atoms with E-state index in [1.165, 1.54) is 0 Å². The molecular formula is C26H37ClN2O4. The lowest BCUT2D eigenvalue weighted by molar-refractivity contribution is -0.124. The molecule has 182 valence electrons. The number of hydrogen-bond acceptors (Lipinski definition) is 5. The second-order valence-corrected chi connectivity index (χ2v) is 9.08. The minimum atomic E-state index is -0.576. The number of anilines is 1. The molecule has 33 heavy (non-hydrogen) atoms. The maximum atomic E-state index is 12.9. The lowest BCUT2D eigenvalue weighted by Crippen LogP contribution is -2.31. The first-order valence-electron chi connectivity index (χ1n) is 11.0. The van der Waals surface area contributed by atoms with Gasteiger partial charge in [0.05, 0.1) is 12.2 Å². The number of nitrogens with zero attached hydrogens (tertiary/aromatic N) is 1. The number of carbonyl (C=O) groups excluding carboxylic acids is 2. The van der Waals surface area contributed by atoms with E-state index in [9.17, 15) is 9.59 Å². The molecule has 0 atom stereocenters. The Kier molecular flexibility index (Phi) is 11.4. The molecule has 2 aromatic rings. The minimum Gasteiger partial charge on any atom is -0.493 e. The van der Waals surface area contributed by atoms with Gasteiger partial charge in [0.15, 0.2) is 0 Å². The second kappa shape index (κ2) is 13.2. The van der Waals surface area contributed by atoms with Crippen LogP contribution in [0.4, 0.5) is 5.69 Å². The van der Waals surface area contributed by atoms with Crippen molar-refractivity contribution >= 4 is 30.0 Å². The van der Waals surface area contributed by atoms with Crippen LogP contribution < -0.4 is 10.1 Å². The summed E-state index contributed by atoms with van der Waals surface area (Å²) in [6, 6.07) is 13.0. The molecule has 2 aromatic carbocycles. The fourth-order valence-corrected chi connectivity index (χ4v) is 3.10. The van der Waals surface area contributed by atoms with E-state index in [0.29, 0.717) is 37.4 Å². The predicted molar refractivity (Wildman–Crippen MR) is 136 cm³/mol. The van der Waals surface area contributed by atoms with Crippen molar-refractivity contribution in [2.24, 2.45) is 5.41 Å². The Morgan fingerprint density at radius 3 is 2.45 bits per heavy atom. The molecule has 0 radical (unpaired) electrons. The molecule has 6 nitrogen and oxygen atoms in total. The van der Waals surface area contributed by atoms with Gasteiger partial charge in [-0.05, 0) is 76.2 Å². The van der Waals surface area contributed by atoms with Crippen LogP contribution in [-0.4, -0.2) is 50.6 Å². The van der Waals surface area contributed by atoms with Gasteiger partial charge in [-0.25, -0.2) is 4.79 Å². The molecule has 0 saturated heterocycles. The van der Waals surface area contributed by atoms with Crippen LogP contribution in [0.3, 0.4) is 0 Å². The Morgan fingerprint density at radius 1 is 1.03 bits per heavy atom. The maximum Gasteiger partial charge on any atom is 0.338 e. The first-order valence-corrected chi connectivity index (χ1v) is 11.0. The topological polar surface area (TPSA) is 67.9 Å². The number of likely N-dealkylation sites (N-methyl/N-ethyl adjacent to an activating group) is 1.